The number of rotatable bonds is 8. The van der Waals surface area contributed by atoms with Crippen LogP contribution >= 0.6 is 7.80 Å². The first-order valence-electron chi connectivity index (χ1n) is 6.16. The third kappa shape index (κ3) is 4.45. The van der Waals surface area contributed by atoms with Gasteiger partial charge in [0.15, 0.2) is 0 Å². The molecule has 100 valence electrons. The van der Waals surface area contributed by atoms with Crippen LogP contribution in [-0.4, -0.2) is 39.2 Å². The van der Waals surface area contributed by atoms with E-state index in [0.29, 0.717) is 25.5 Å². The Morgan fingerprint density at radius 1 is 1.39 bits per heavy atom. The molecule has 0 spiro atoms. The second kappa shape index (κ2) is 6.93. The third-order valence-corrected chi connectivity index (χ3v) is 4.60. The van der Waals surface area contributed by atoms with Crippen molar-refractivity contribution in [1.82, 2.24) is 0 Å². The van der Waals surface area contributed by atoms with E-state index in [-0.39, 0.29) is 0 Å². The van der Waals surface area contributed by atoms with Crippen LogP contribution in [-0.2, 0) is 14.0 Å². The first-order valence-corrected chi connectivity index (χ1v) is 7.77. The summed E-state index contributed by atoms with van der Waals surface area (Å²) in [6.07, 6.45) is 1.84. The third-order valence-electron chi connectivity index (χ3n) is 2.81. The molecule has 18 heavy (non-hydrogen) atoms. The molecule has 1 aromatic carbocycles. The van der Waals surface area contributed by atoms with Gasteiger partial charge in [0, 0.05) is 18.1 Å². The molecule has 0 bridgehead atoms. The Labute approximate surface area is 108 Å². The Kier molecular flexibility index (Phi) is 5.24. The monoisotopic (exact) mass is 270 g/mol. The summed E-state index contributed by atoms with van der Waals surface area (Å²) in [6.45, 7) is 2.15. The fraction of sp³-hybridized carbons (Fsp3) is 0.538. The lowest BCUT2D eigenvalue weighted by molar-refractivity contribution is 0.117. The van der Waals surface area contributed by atoms with Gasteiger partial charge >= 0.3 is 0 Å². The second-order valence-electron chi connectivity index (χ2n) is 4.29. The number of benzene rings is 1. The fourth-order valence-electron chi connectivity index (χ4n) is 1.64. The lowest BCUT2D eigenvalue weighted by Gasteiger charge is -2.05. The molecular formula is C13H19O4P. The molecule has 1 aliphatic rings. The van der Waals surface area contributed by atoms with Crippen molar-refractivity contribution in [2.75, 3.05) is 33.1 Å². The molecule has 0 aliphatic carbocycles. The molecule has 1 aromatic rings. The Hall–Kier alpha value is -0.830. The zero-order chi connectivity index (χ0) is 12.8. The van der Waals surface area contributed by atoms with Crippen LogP contribution in [0.1, 0.15) is 6.42 Å². The SMILES string of the molecule is COc1ccc([PH](=O)CCCOCC2CO2)cc1. The smallest absolute Gasteiger partial charge is 0.118 e. The van der Waals surface area contributed by atoms with Gasteiger partial charge in [-0.2, -0.15) is 0 Å². The van der Waals surface area contributed by atoms with Gasteiger partial charge in [-0.15, -0.1) is 0 Å². The summed E-state index contributed by atoms with van der Waals surface area (Å²) in [5, 5.41) is 0.909. The van der Waals surface area contributed by atoms with Crippen molar-refractivity contribution in [3.63, 3.8) is 0 Å². The van der Waals surface area contributed by atoms with E-state index in [0.717, 1.165) is 24.1 Å². The van der Waals surface area contributed by atoms with E-state index in [2.05, 4.69) is 0 Å². The molecule has 2 atom stereocenters. The van der Waals surface area contributed by atoms with Crippen LogP contribution in [0.4, 0.5) is 0 Å². The molecule has 2 unspecified atom stereocenters. The summed E-state index contributed by atoms with van der Waals surface area (Å²) >= 11 is 0. The van der Waals surface area contributed by atoms with Gasteiger partial charge in [0.2, 0.25) is 0 Å². The highest BCUT2D eigenvalue weighted by Gasteiger charge is 2.21. The first kappa shape index (κ1) is 13.6. The molecular weight excluding hydrogens is 251 g/mol. The van der Waals surface area contributed by atoms with Gasteiger partial charge in [-0.05, 0) is 30.7 Å². The number of ether oxygens (including phenoxy) is 3. The molecule has 0 saturated carbocycles. The van der Waals surface area contributed by atoms with Gasteiger partial charge < -0.3 is 18.8 Å². The molecule has 1 heterocycles. The van der Waals surface area contributed by atoms with Crippen molar-refractivity contribution >= 4 is 13.1 Å². The van der Waals surface area contributed by atoms with Crippen LogP contribution in [0.3, 0.4) is 0 Å². The van der Waals surface area contributed by atoms with E-state index >= 15 is 0 Å². The number of hydrogen-bond acceptors (Lipinski definition) is 4. The van der Waals surface area contributed by atoms with Crippen molar-refractivity contribution < 1.29 is 18.8 Å². The lowest BCUT2D eigenvalue weighted by Crippen LogP contribution is -2.05. The van der Waals surface area contributed by atoms with Crippen LogP contribution in [0, 0.1) is 0 Å². The minimum absolute atomic E-state index is 0.309. The summed E-state index contributed by atoms with van der Waals surface area (Å²) in [6, 6.07) is 7.44. The maximum absolute atomic E-state index is 12.0. The van der Waals surface area contributed by atoms with Gasteiger partial charge in [-0.25, -0.2) is 0 Å². The highest BCUT2D eigenvalue weighted by Crippen LogP contribution is 2.22. The summed E-state index contributed by atoms with van der Waals surface area (Å²) in [5.74, 6) is 0.793. The maximum atomic E-state index is 12.0. The van der Waals surface area contributed by atoms with Crippen molar-refractivity contribution in [3.05, 3.63) is 24.3 Å². The van der Waals surface area contributed by atoms with Gasteiger partial charge in [0.05, 0.1) is 20.3 Å². The van der Waals surface area contributed by atoms with E-state index in [4.69, 9.17) is 14.2 Å². The molecule has 0 N–H and O–H groups in total. The largest absolute Gasteiger partial charge is 0.497 e. The highest BCUT2D eigenvalue weighted by atomic mass is 31.1. The second-order valence-corrected chi connectivity index (χ2v) is 6.21. The van der Waals surface area contributed by atoms with E-state index in [9.17, 15) is 4.57 Å². The normalized spacial score (nSPS) is 19.5. The number of epoxide rings is 1. The van der Waals surface area contributed by atoms with Crippen molar-refractivity contribution in [2.24, 2.45) is 0 Å². The fourth-order valence-corrected chi connectivity index (χ4v) is 2.93. The Balaban J connectivity index is 1.65. The molecule has 0 radical (unpaired) electrons. The van der Waals surface area contributed by atoms with E-state index in [1.807, 2.05) is 24.3 Å². The van der Waals surface area contributed by atoms with Crippen LogP contribution in [0.2, 0.25) is 0 Å². The van der Waals surface area contributed by atoms with Crippen LogP contribution < -0.4 is 10.0 Å². The van der Waals surface area contributed by atoms with Gasteiger partial charge in [-0.3, -0.25) is 0 Å². The Morgan fingerprint density at radius 3 is 2.72 bits per heavy atom. The minimum atomic E-state index is -1.69. The Bertz CT molecular complexity index is 386. The molecule has 2 rings (SSSR count). The highest BCUT2D eigenvalue weighted by molar-refractivity contribution is 7.53. The van der Waals surface area contributed by atoms with E-state index in [1.165, 1.54) is 0 Å². The standard InChI is InChI=1S/C13H19O4P/c1-15-11-3-5-13(6-4-11)18(14)8-2-7-16-9-12-10-17-12/h3-6,12,18H,2,7-10H2,1H3. The van der Waals surface area contributed by atoms with Crippen LogP contribution in [0.5, 0.6) is 5.75 Å². The number of methoxy groups -OCH3 is 1. The van der Waals surface area contributed by atoms with Gasteiger partial charge in [0.1, 0.15) is 19.7 Å². The van der Waals surface area contributed by atoms with Crippen LogP contribution in [0.25, 0.3) is 0 Å². The molecule has 4 nitrogen and oxygen atoms in total. The van der Waals surface area contributed by atoms with E-state index < -0.39 is 7.80 Å². The predicted octanol–water partition coefficient (Wildman–Crippen LogP) is 1.69. The maximum Gasteiger partial charge on any atom is 0.118 e. The molecule has 1 saturated heterocycles. The topological polar surface area (TPSA) is 48.1 Å². The van der Waals surface area contributed by atoms with Crippen molar-refractivity contribution in [2.45, 2.75) is 12.5 Å². The minimum Gasteiger partial charge on any atom is -0.497 e. The molecule has 0 aromatic heterocycles. The first-order chi connectivity index (χ1) is 8.79. The predicted molar refractivity (Wildman–Crippen MR) is 71.7 cm³/mol. The van der Waals surface area contributed by atoms with Gasteiger partial charge in [-0.1, -0.05) is 0 Å². The summed E-state index contributed by atoms with van der Waals surface area (Å²) in [7, 11) is -0.0694. The molecule has 1 fully saturated rings. The summed E-state index contributed by atoms with van der Waals surface area (Å²) in [4.78, 5) is 0. The average molecular weight is 270 g/mol. The van der Waals surface area contributed by atoms with E-state index in [1.54, 1.807) is 7.11 Å². The number of hydrogen-bond donors (Lipinski definition) is 0. The summed E-state index contributed by atoms with van der Waals surface area (Å²) < 4.78 is 27.5. The summed E-state index contributed by atoms with van der Waals surface area (Å²) in [5.41, 5.74) is 0. The quantitative estimate of drug-likeness (QED) is 0.410. The molecule has 0 amide bonds. The average Bonchev–Trinajstić information content (AvgIpc) is 3.22. The zero-order valence-electron chi connectivity index (χ0n) is 10.6. The van der Waals surface area contributed by atoms with Crippen molar-refractivity contribution in [3.8, 4) is 5.75 Å². The molecule has 5 heteroatoms. The lowest BCUT2D eigenvalue weighted by atomic mass is 10.3. The Morgan fingerprint density at radius 2 is 2.11 bits per heavy atom. The van der Waals surface area contributed by atoms with Gasteiger partial charge in [0.25, 0.3) is 0 Å². The van der Waals surface area contributed by atoms with Crippen molar-refractivity contribution in [1.29, 1.82) is 0 Å². The zero-order valence-corrected chi connectivity index (χ0v) is 11.6. The van der Waals surface area contributed by atoms with Crippen LogP contribution in [0.15, 0.2) is 24.3 Å². The molecule has 1 aliphatic heterocycles.